The molecule has 0 amide bonds. The third kappa shape index (κ3) is 2.42. The van der Waals surface area contributed by atoms with Gasteiger partial charge in [0.25, 0.3) is 0 Å². The van der Waals surface area contributed by atoms with Crippen LogP contribution < -0.4 is 5.73 Å². The molecule has 0 aliphatic carbocycles. The third-order valence-electron chi connectivity index (χ3n) is 3.55. The van der Waals surface area contributed by atoms with E-state index in [1.165, 1.54) is 5.56 Å². The van der Waals surface area contributed by atoms with Crippen LogP contribution >= 0.6 is 0 Å². The lowest BCUT2D eigenvalue weighted by Gasteiger charge is -2.13. The van der Waals surface area contributed by atoms with E-state index >= 15 is 0 Å². The first kappa shape index (κ1) is 12.8. The summed E-state index contributed by atoms with van der Waals surface area (Å²) in [4.78, 5) is 4.38. The normalized spacial score (nSPS) is 12.7. The van der Waals surface area contributed by atoms with Gasteiger partial charge in [-0.25, -0.2) is 0 Å². The highest BCUT2D eigenvalue weighted by molar-refractivity contribution is 5.82. The summed E-state index contributed by atoms with van der Waals surface area (Å²) in [5.74, 6) is 0. The Hall–Kier alpha value is -2.20. The van der Waals surface area contributed by atoms with Crippen LogP contribution in [0.2, 0.25) is 0 Å². The Kier molecular flexibility index (Phi) is 3.48. The molecule has 0 saturated carbocycles. The van der Waals surface area contributed by atoms with Crippen molar-refractivity contribution in [2.45, 2.75) is 25.9 Å². The van der Waals surface area contributed by atoms with Crippen molar-refractivity contribution in [3.63, 3.8) is 0 Å². The van der Waals surface area contributed by atoms with Gasteiger partial charge in [-0.2, -0.15) is 5.10 Å². The summed E-state index contributed by atoms with van der Waals surface area (Å²) in [7, 11) is 0. The molecule has 0 spiro atoms. The summed E-state index contributed by atoms with van der Waals surface area (Å²) in [6.45, 7) is 2.96. The van der Waals surface area contributed by atoms with Gasteiger partial charge in [0.15, 0.2) is 0 Å². The molecule has 1 atom stereocenters. The molecule has 20 heavy (non-hydrogen) atoms. The number of nitrogens with zero attached hydrogens (tertiary/aromatic N) is 3. The molecule has 0 aliphatic rings. The van der Waals surface area contributed by atoms with E-state index in [4.69, 9.17) is 5.73 Å². The smallest absolute Gasteiger partial charge is 0.0705 e. The fourth-order valence-corrected chi connectivity index (χ4v) is 2.49. The largest absolute Gasteiger partial charge is 0.324 e. The minimum atomic E-state index is -0.0441. The van der Waals surface area contributed by atoms with Crippen LogP contribution in [0, 0.1) is 0 Å². The fraction of sp³-hybridized carbons (Fsp3) is 0.250. The van der Waals surface area contributed by atoms with Gasteiger partial charge >= 0.3 is 0 Å². The van der Waals surface area contributed by atoms with Gasteiger partial charge in [0.05, 0.1) is 11.7 Å². The van der Waals surface area contributed by atoms with E-state index in [0.29, 0.717) is 0 Å². The maximum Gasteiger partial charge on any atom is 0.0705 e. The molecule has 4 heteroatoms. The van der Waals surface area contributed by atoms with Gasteiger partial charge in [-0.3, -0.25) is 9.67 Å². The number of aryl methyl sites for hydroxylation is 1. The maximum atomic E-state index is 6.38. The molecule has 0 fully saturated rings. The van der Waals surface area contributed by atoms with E-state index in [1.54, 1.807) is 0 Å². The monoisotopic (exact) mass is 266 g/mol. The van der Waals surface area contributed by atoms with Crippen LogP contribution in [0.15, 0.2) is 48.9 Å². The minimum Gasteiger partial charge on any atom is -0.324 e. The van der Waals surface area contributed by atoms with Crippen molar-refractivity contribution in [1.29, 1.82) is 0 Å². The Bertz CT molecular complexity index is 712. The number of nitrogens with two attached hydrogens (primary N) is 1. The van der Waals surface area contributed by atoms with Crippen molar-refractivity contribution in [2.75, 3.05) is 0 Å². The number of benzene rings is 1. The second kappa shape index (κ2) is 5.43. The molecule has 0 saturated heterocycles. The van der Waals surface area contributed by atoms with Crippen molar-refractivity contribution >= 4 is 10.9 Å². The Labute approximate surface area is 118 Å². The molecule has 1 aromatic carbocycles. The van der Waals surface area contributed by atoms with Gasteiger partial charge in [0.1, 0.15) is 0 Å². The van der Waals surface area contributed by atoms with Crippen LogP contribution in [0.3, 0.4) is 0 Å². The molecule has 1 unspecified atom stereocenters. The van der Waals surface area contributed by atoms with Crippen LogP contribution in [0.5, 0.6) is 0 Å². The molecule has 0 aliphatic heterocycles. The summed E-state index contributed by atoms with van der Waals surface area (Å²) in [6, 6.07) is 10.1. The Morgan fingerprint density at radius 3 is 2.90 bits per heavy atom. The highest BCUT2D eigenvalue weighted by atomic mass is 15.3. The van der Waals surface area contributed by atoms with E-state index in [-0.39, 0.29) is 6.04 Å². The molecular formula is C16H18N4. The zero-order chi connectivity index (χ0) is 13.9. The SMILES string of the molecule is CCn1cc(CC(N)c2ccnc3ccccc23)cn1. The molecule has 3 aromatic rings. The summed E-state index contributed by atoms with van der Waals surface area (Å²) in [5, 5.41) is 5.42. The van der Waals surface area contributed by atoms with Gasteiger partial charge in [-0.1, -0.05) is 18.2 Å². The van der Waals surface area contributed by atoms with Crippen molar-refractivity contribution in [2.24, 2.45) is 5.73 Å². The van der Waals surface area contributed by atoms with E-state index < -0.39 is 0 Å². The minimum absolute atomic E-state index is 0.0441. The van der Waals surface area contributed by atoms with Gasteiger partial charge in [-0.15, -0.1) is 0 Å². The summed E-state index contributed by atoms with van der Waals surface area (Å²) in [6.07, 6.45) is 6.57. The van der Waals surface area contributed by atoms with Crippen LogP contribution in [0.4, 0.5) is 0 Å². The number of fused-ring (bicyclic) bond motifs is 1. The molecule has 0 bridgehead atoms. The predicted molar refractivity (Wildman–Crippen MR) is 80.3 cm³/mol. The molecule has 3 rings (SSSR count). The molecule has 2 heterocycles. The lowest BCUT2D eigenvalue weighted by atomic mass is 9.98. The lowest BCUT2D eigenvalue weighted by Crippen LogP contribution is -2.13. The standard InChI is InChI=1S/C16H18N4/c1-2-20-11-12(10-19-20)9-15(17)13-7-8-18-16-6-4-3-5-14(13)16/h3-8,10-11,15H,2,9,17H2,1H3. The first-order valence-electron chi connectivity index (χ1n) is 6.88. The van der Waals surface area contributed by atoms with Crippen LogP contribution in [0.25, 0.3) is 10.9 Å². The number of pyridine rings is 1. The maximum absolute atomic E-state index is 6.38. The van der Waals surface area contributed by atoms with E-state index in [2.05, 4.69) is 29.3 Å². The van der Waals surface area contributed by atoms with Gasteiger partial charge in [-0.05, 0) is 36.6 Å². The zero-order valence-electron chi connectivity index (χ0n) is 11.5. The van der Waals surface area contributed by atoms with E-state index in [1.807, 2.05) is 41.3 Å². The molecule has 4 nitrogen and oxygen atoms in total. The Balaban J connectivity index is 1.90. The fourth-order valence-electron chi connectivity index (χ4n) is 2.49. The average molecular weight is 266 g/mol. The average Bonchev–Trinajstić information content (AvgIpc) is 2.94. The molecule has 102 valence electrons. The lowest BCUT2D eigenvalue weighted by molar-refractivity contribution is 0.657. The van der Waals surface area contributed by atoms with E-state index in [0.717, 1.165) is 29.4 Å². The Morgan fingerprint density at radius 2 is 2.10 bits per heavy atom. The quantitative estimate of drug-likeness (QED) is 0.790. The summed E-state index contributed by atoms with van der Waals surface area (Å²) < 4.78 is 1.92. The molecule has 2 N–H and O–H groups in total. The summed E-state index contributed by atoms with van der Waals surface area (Å²) >= 11 is 0. The van der Waals surface area contributed by atoms with Crippen LogP contribution in [-0.2, 0) is 13.0 Å². The second-order valence-corrected chi connectivity index (χ2v) is 4.93. The Morgan fingerprint density at radius 1 is 1.25 bits per heavy atom. The van der Waals surface area contributed by atoms with Crippen molar-refractivity contribution in [3.8, 4) is 0 Å². The second-order valence-electron chi connectivity index (χ2n) is 4.93. The topological polar surface area (TPSA) is 56.7 Å². The first-order chi connectivity index (χ1) is 9.78. The van der Waals surface area contributed by atoms with Gasteiger partial charge < -0.3 is 5.73 Å². The highest BCUT2D eigenvalue weighted by Gasteiger charge is 2.12. The van der Waals surface area contributed by atoms with Gasteiger partial charge in [0.2, 0.25) is 0 Å². The number of aromatic nitrogens is 3. The van der Waals surface area contributed by atoms with E-state index in [9.17, 15) is 0 Å². The zero-order valence-corrected chi connectivity index (χ0v) is 11.5. The molecular weight excluding hydrogens is 248 g/mol. The van der Waals surface area contributed by atoms with Crippen LogP contribution in [0.1, 0.15) is 24.1 Å². The third-order valence-corrected chi connectivity index (χ3v) is 3.55. The van der Waals surface area contributed by atoms with Crippen LogP contribution in [-0.4, -0.2) is 14.8 Å². The van der Waals surface area contributed by atoms with Crippen molar-refractivity contribution in [1.82, 2.24) is 14.8 Å². The molecule has 0 radical (unpaired) electrons. The predicted octanol–water partition coefficient (Wildman–Crippen LogP) is 2.69. The van der Waals surface area contributed by atoms with Crippen molar-refractivity contribution in [3.05, 3.63) is 60.0 Å². The first-order valence-corrected chi connectivity index (χ1v) is 6.88. The number of hydrogen-bond acceptors (Lipinski definition) is 3. The van der Waals surface area contributed by atoms with Crippen molar-refractivity contribution < 1.29 is 0 Å². The number of rotatable bonds is 4. The number of hydrogen-bond donors (Lipinski definition) is 1. The summed E-state index contributed by atoms with van der Waals surface area (Å²) in [5.41, 5.74) is 9.68. The highest BCUT2D eigenvalue weighted by Crippen LogP contribution is 2.23. The molecule has 2 aromatic heterocycles. The van der Waals surface area contributed by atoms with Gasteiger partial charge in [0, 0.05) is 30.4 Å². The number of para-hydroxylation sites is 1.